The molecule has 3 rings (SSSR count). The lowest BCUT2D eigenvalue weighted by atomic mass is 10.2. The Balaban J connectivity index is 1.67. The summed E-state index contributed by atoms with van der Waals surface area (Å²) in [4.78, 5) is 21.7. The van der Waals surface area contributed by atoms with Crippen LogP contribution in [0.3, 0.4) is 0 Å². The Morgan fingerprint density at radius 1 is 1.27 bits per heavy atom. The highest BCUT2D eigenvalue weighted by Crippen LogP contribution is 2.29. The van der Waals surface area contributed by atoms with Gasteiger partial charge in [0.15, 0.2) is 0 Å². The largest absolute Gasteiger partial charge is 0.470 e. The van der Waals surface area contributed by atoms with E-state index in [-0.39, 0.29) is 24.9 Å². The first-order chi connectivity index (χ1) is 12.4. The van der Waals surface area contributed by atoms with E-state index in [1.165, 1.54) is 6.20 Å². The van der Waals surface area contributed by atoms with Crippen molar-refractivity contribution in [3.05, 3.63) is 54.0 Å². The third kappa shape index (κ3) is 4.48. The number of ether oxygens (including phenoxy) is 2. The van der Waals surface area contributed by atoms with Crippen LogP contribution in [0.1, 0.15) is 15.9 Å². The van der Waals surface area contributed by atoms with Crippen LogP contribution in [0.2, 0.25) is 0 Å². The molecule has 3 heterocycles. The van der Waals surface area contributed by atoms with Crippen molar-refractivity contribution in [2.24, 2.45) is 0 Å². The number of carbonyl (C=O) groups excluding carboxylic acids is 1. The van der Waals surface area contributed by atoms with E-state index in [1.54, 1.807) is 23.2 Å². The predicted molar refractivity (Wildman–Crippen MR) is 84.6 cm³/mol. The average Bonchev–Trinajstić information content (AvgIpc) is 2.87. The Hall–Kier alpha value is -2.68. The van der Waals surface area contributed by atoms with Gasteiger partial charge < -0.3 is 14.4 Å². The molecule has 9 heteroatoms. The second-order valence-corrected chi connectivity index (χ2v) is 5.69. The van der Waals surface area contributed by atoms with Gasteiger partial charge >= 0.3 is 6.18 Å². The van der Waals surface area contributed by atoms with Gasteiger partial charge in [0.2, 0.25) is 5.88 Å². The summed E-state index contributed by atoms with van der Waals surface area (Å²) in [6.45, 7) is 1.16. The molecule has 0 spiro atoms. The van der Waals surface area contributed by atoms with E-state index < -0.39 is 17.8 Å². The fourth-order valence-corrected chi connectivity index (χ4v) is 2.50. The van der Waals surface area contributed by atoms with Crippen LogP contribution in [-0.4, -0.2) is 53.2 Å². The van der Waals surface area contributed by atoms with Crippen LogP contribution in [0.4, 0.5) is 13.2 Å². The monoisotopic (exact) mass is 367 g/mol. The molecule has 0 N–H and O–H groups in total. The third-order valence-electron chi connectivity index (χ3n) is 3.78. The summed E-state index contributed by atoms with van der Waals surface area (Å²) >= 11 is 0. The van der Waals surface area contributed by atoms with Gasteiger partial charge in [-0.3, -0.25) is 9.78 Å². The lowest BCUT2D eigenvalue weighted by Crippen LogP contribution is -2.40. The van der Waals surface area contributed by atoms with E-state index in [1.807, 2.05) is 0 Å². The fraction of sp³-hybridized carbons (Fsp3) is 0.353. The standard InChI is InChI=1S/C17H16F3N3O3/c18-17(19,20)13-3-4-15(22-9-13)26-14-10-23(6-7-25-11-14)16(24)12-2-1-5-21-8-12/h1-5,8-9,14H,6-7,10-11H2/t14-/m1/s1. The highest BCUT2D eigenvalue weighted by atomic mass is 19.4. The number of rotatable bonds is 3. The smallest absolute Gasteiger partial charge is 0.417 e. The maximum Gasteiger partial charge on any atom is 0.417 e. The summed E-state index contributed by atoms with van der Waals surface area (Å²) in [6.07, 6.45) is -1.23. The van der Waals surface area contributed by atoms with E-state index in [0.29, 0.717) is 24.9 Å². The van der Waals surface area contributed by atoms with Gasteiger partial charge in [0.25, 0.3) is 5.91 Å². The first-order valence-corrected chi connectivity index (χ1v) is 7.90. The minimum atomic E-state index is -4.45. The molecule has 2 aromatic heterocycles. The quantitative estimate of drug-likeness (QED) is 0.834. The van der Waals surface area contributed by atoms with Crippen molar-refractivity contribution in [1.29, 1.82) is 0 Å². The van der Waals surface area contributed by atoms with E-state index in [4.69, 9.17) is 9.47 Å². The predicted octanol–water partition coefficient (Wildman–Crippen LogP) is 2.42. The van der Waals surface area contributed by atoms with Crippen molar-refractivity contribution in [2.75, 3.05) is 26.3 Å². The van der Waals surface area contributed by atoms with E-state index in [2.05, 4.69) is 9.97 Å². The Morgan fingerprint density at radius 2 is 2.12 bits per heavy atom. The molecule has 1 aliphatic heterocycles. The summed E-state index contributed by atoms with van der Waals surface area (Å²) < 4.78 is 48.8. The maximum absolute atomic E-state index is 12.6. The van der Waals surface area contributed by atoms with Crippen molar-refractivity contribution in [3.63, 3.8) is 0 Å². The van der Waals surface area contributed by atoms with Crippen molar-refractivity contribution >= 4 is 5.91 Å². The Bertz CT molecular complexity index is 738. The van der Waals surface area contributed by atoms with Crippen LogP contribution in [0, 0.1) is 0 Å². The van der Waals surface area contributed by atoms with Gasteiger partial charge in [0, 0.05) is 31.2 Å². The number of amides is 1. The van der Waals surface area contributed by atoms with Gasteiger partial charge in [0.1, 0.15) is 6.10 Å². The molecule has 0 radical (unpaired) electrons. The lowest BCUT2D eigenvalue weighted by Gasteiger charge is -2.24. The SMILES string of the molecule is O=C(c1cccnc1)N1CCOC[C@H](Oc2ccc(C(F)(F)F)cn2)C1. The summed E-state index contributed by atoms with van der Waals surface area (Å²) in [7, 11) is 0. The van der Waals surface area contributed by atoms with Gasteiger partial charge in [-0.15, -0.1) is 0 Å². The van der Waals surface area contributed by atoms with E-state index >= 15 is 0 Å². The second-order valence-electron chi connectivity index (χ2n) is 5.69. The van der Waals surface area contributed by atoms with Gasteiger partial charge in [0.05, 0.1) is 30.9 Å². The highest BCUT2D eigenvalue weighted by molar-refractivity contribution is 5.93. The molecular weight excluding hydrogens is 351 g/mol. The molecule has 1 atom stereocenters. The van der Waals surface area contributed by atoms with Crippen molar-refractivity contribution in [2.45, 2.75) is 12.3 Å². The van der Waals surface area contributed by atoms with Crippen molar-refractivity contribution in [3.8, 4) is 5.88 Å². The van der Waals surface area contributed by atoms with Crippen LogP contribution >= 0.6 is 0 Å². The number of halogens is 3. The summed E-state index contributed by atoms with van der Waals surface area (Å²) in [5.41, 5.74) is -0.406. The molecule has 0 saturated carbocycles. The van der Waals surface area contributed by atoms with Crippen LogP contribution in [0.25, 0.3) is 0 Å². The molecule has 0 aromatic carbocycles. The summed E-state index contributed by atoms with van der Waals surface area (Å²) in [6, 6.07) is 5.38. The molecule has 0 aliphatic carbocycles. The van der Waals surface area contributed by atoms with Gasteiger partial charge in [-0.1, -0.05) is 0 Å². The fourth-order valence-electron chi connectivity index (χ4n) is 2.50. The number of pyridine rings is 2. The molecule has 138 valence electrons. The second kappa shape index (κ2) is 7.69. The van der Waals surface area contributed by atoms with E-state index in [9.17, 15) is 18.0 Å². The van der Waals surface area contributed by atoms with Crippen molar-refractivity contribution < 1.29 is 27.4 Å². The molecule has 0 unspecified atom stereocenters. The Labute approximate surface area is 147 Å². The van der Waals surface area contributed by atoms with Gasteiger partial charge in [-0.2, -0.15) is 13.2 Å². The van der Waals surface area contributed by atoms with Crippen LogP contribution in [0.5, 0.6) is 5.88 Å². The topological polar surface area (TPSA) is 64.6 Å². The zero-order valence-electron chi connectivity index (χ0n) is 13.6. The van der Waals surface area contributed by atoms with Crippen LogP contribution < -0.4 is 4.74 Å². The maximum atomic E-state index is 12.6. The molecule has 6 nitrogen and oxygen atoms in total. The zero-order chi connectivity index (χ0) is 18.6. The Morgan fingerprint density at radius 3 is 2.77 bits per heavy atom. The van der Waals surface area contributed by atoms with E-state index in [0.717, 1.165) is 12.1 Å². The van der Waals surface area contributed by atoms with Crippen molar-refractivity contribution in [1.82, 2.24) is 14.9 Å². The molecule has 1 aliphatic rings. The molecule has 0 bridgehead atoms. The minimum Gasteiger partial charge on any atom is -0.470 e. The number of nitrogens with zero attached hydrogens (tertiary/aromatic N) is 3. The molecule has 1 fully saturated rings. The molecule has 2 aromatic rings. The van der Waals surface area contributed by atoms with Crippen LogP contribution in [0.15, 0.2) is 42.9 Å². The molecular formula is C17H16F3N3O3. The highest BCUT2D eigenvalue weighted by Gasteiger charge is 2.31. The molecule has 1 saturated heterocycles. The lowest BCUT2D eigenvalue weighted by molar-refractivity contribution is -0.137. The van der Waals surface area contributed by atoms with Gasteiger partial charge in [-0.05, 0) is 18.2 Å². The molecule has 26 heavy (non-hydrogen) atoms. The number of alkyl halides is 3. The summed E-state index contributed by atoms with van der Waals surface area (Å²) in [5, 5.41) is 0. The number of aromatic nitrogens is 2. The first kappa shape index (κ1) is 18.1. The number of hydrogen-bond acceptors (Lipinski definition) is 5. The minimum absolute atomic E-state index is 0.0438. The average molecular weight is 367 g/mol. The summed E-state index contributed by atoms with van der Waals surface area (Å²) in [5.74, 6) is -0.167. The third-order valence-corrected chi connectivity index (χ3v) is 3.78. The number of carbonyl (C=O) groups is 1. The van der Waals surface area contributed by atoms with Crippen LogP contribution in [-0.2, 0) is 10.9 Å². The normalized spacial score (nSPS) is 18.3. The first-order valence-electron chi connectivity index (χ1n) is 7.90. The molecule has 1 amide bonds. The zero-order valence-corrected chi connectivity index (χ0v) is 13.6. The Kier molecular flexibility index (Phi) is 5.36. The van der Waals surface area contributed by atoms with Gasteiger partial charge in [-0.25, -0.2) is 4.98 Å². The number of hydrogen-bond donors (Lipinski definition) is 0.